The normalized spacial score (nSPS) is 15.0. The molecule has 0 aromatic heterocycles. The third-order valence-electron chi connectivity index (χ3n) is 4.65. The summed E-state index contributed by atoms with van der Waals surface area (Å²) < 4.78 is 5.18. The molecule has 0 N–H and O–H groups in total. The number of hydrogen-bond donors (Lipinski definition) is 0. The molecule has 1 aliphatic carbocycles. The van der Waals surface area contributed by atoms with Gasteiger partial charge in [-0.15, -0.1) is 0 Å². The predicted molar refractivity (Wildman–Crippen MR) is 105 cm³/mol. The molecule has 2 aromatic rings. The van der Waals surface area contributed by atoms with Crippen LogP contribution >= 0.6 is 0 Å². The zero-order valence-electron chi connectivity index (χ0n) is 15.3. The molecule has 2 aromatic carbocycles. The minimum Gasteiger partial charge on any atom is -0.497 e. The van der Waals surface area contributed by atoms with Gasteiger partial charge in [0.2, 0.25) is 0 Å². The van der Waals surface area contributed by atoms with Gasteiger partial charge in [-0.05, 0) is 48.6 Å². The van der Waals surface area contributed by atoms with Gasteiger partial charge in [-0.3, -0.25) is 0 Å². The lowest BCUT2D eigenvalue weighted by atomic mass is 9.86. The van der Waals surface area contributed by atoms with E-state index in [1.54, 1.807) is 7.11 Å². The van der Waals surface area contributed by atoms with Gasteiger partial charge in [-0.25, -0.2) is 0 Å². The molecule has 0 heterocycles. The number of hydrogen-bond acceptors (Lipinski definition) is 3. The van der Waals surface area contributed by atoms with E-state index in [1.165, 1.54) is 19.3 Å². The third-order valence-corrected chi connectivity index (χ3v) is 4.65. The predicted octanol–water partition coefficient (Wildman–Crippen LogP) is 5.20. The molecule has 3 rings (SSSR count). The highest BCUT2D eigenvalue weighted by Crippen LogP contribution is 2.25. The highest BCUT2D eigenvalue weighted by molar-refractivity contribution is 6.02. The summed E-state index contributed by atoms with van der Waals surface area (Å²) in [6.07, 6.45) is 6.09. The van der Waals surface area contributed by atoms with Crippen LogP contribution in [0.5, 0.6) is 5.75 Å². The van der Waals surface area contributed by atoms with Crippen molar-refractivity contribution in [2.45, 2.75) is 38.7 Å². The molecule has 0 saturated heterocycles. The highest BCUT2D eigenvalue weighted by Gasteiger charge is 2.18. The Morgan fingerprint density at radius 1 is 1.00 bits per heavy atom. The smallest absolute Gasteiger partial charge is 0.142 e. The van der Waals surface area contributed by atoms with Crippen molar-refractivity contribution in [2.75, 3.05) is 7.11 Å². The minimum absolute atomic E-state index is 0.413. The Balaban J connectivity index is 1.69. The van der Waals surface area contributed by atoms with Crippen molar-refractivity contribution in [3.8, 4) is 17.6 Å². The molecule has 3 nitrogen and oxygen atoms in total. The zero-order chi connectivity index (χ0) is 18.0. The van der Waals surface area contributed by atoms with Crippen LogP contribution in [-0.2, 0) is 11.4 Å². The fourth-order valence-electron chi connectivity index (χ4n) is 3.13. The van der Waals surface area contributed by atoms with Gasteiger partial charge >= 0.3 is 0 Å². The van der Waals surface area contributed by atoms with Crippen molar-refractivity contribution < 1.29 is 9.57 Å². The summed E-state index contributed by atoms with van der Waals surface area (Å²) in [6, 6.07) is 17.9. The monoisotopic (exact) mass is 347 g/mol. The molecule has 3 heteroatoms. The van der Waals surface area contributed by atoms with Gasteiger partial charge < -0.3 is 9.57 Å². The van der Waals surface area contributed by atoms with E-state index in [0.29, 0.717) is 12.5 Å². The van der Waals surface area contributed by atoms with Gasteiger partial charge in [0.05, 0.1) is 7.11 Å². The second-order valence-electron chi connectivity index (χ2n) is 6.55. The van der Waals surface area contributed by atoms with Crippen LogP contribution < -0.4 is 4.74 Å². The van der Waals surface area contributed by atoms with Crippen molar-refractivity contribution in [3.63, 3.8) is 0 Å². The topological polar surface area (TPSA) is 30.8 Å². The fraction of sp³-hybridized carbons (Fsp3) is 0.348. The molecule has 0 amide bonds. The molecular weight excluding hydrogens is 322 g/mol. The quantitative estimate of drug-likeness (QED) is 0.423. The van der Waals surface area contributed by atoms with Crippen LogP contribution in [0, 0.1) is 17.8 Å². The van der Waals surface area contributed by atoms with Crippen LogP contribution in [0.3, 0.4) is 0 Å². The first-order valence-electron chi connectivity index (χ1n) is 9.25. The van der Waals surface area contributed by atoms with E-state index in [0.717, 1.165) is 35.4 Å². The van der Waals surface area contributed by atoms with Crippen LogP contribution in [0.15, 0.2) is 59.8 Å². The van der Waals surface area contributed by atoms with Crippen LogP contribution in [0.4, 0.5) is 0 Å². The molecule has 0 unspecified atom stereocenters. The van der Waals surface area contributed by atoms with Crippen molar-refractivity contribution in [3.05, 3.63) is 65.7 Å². The van der Waals surface area contributed by atoms with E-state index in [2.05, 4.69) is 17.0 Å². The number of benzene rings is 2. The number of methoxy groups -OCH3 is 1. The summed E-state index contributed by atoms with van der Waals surface area (Å²) in [5.41, 5.74) is 2.95. The Kier molecular flexibility index (Phi) is 6.73. The molecule has 0 spiro atoms. The van der Waals surface area contributed by atoms with Crippen LogP contribution in [0.2, 0.25) is 0 Å². The molecule has 134 valence electrons. The molecule has 0 bridgehead atoms. The standard InChI is InChI=1S/C23H25NO2/c1-25-22-15-12-20(13-16-22)18-26-24-23(21-10-6-3-7-11-21)17-14-19-8-4-2-5-9-19/h2,4-5,8-9,12-13,15-16,21H,3,6-7,10-11,18H2,1H3/b24-23+. The number of oxime groups is 1. The Hall–Kier alpha value is -2.73. The average Bonchev–Trinajstić information content (AvgIpc) is 2.72. The number of ether oxygens (including phenoxy) is 1. The summed E-state index contributed by atoms with van der Waals surface area (Å²) in [6.45, 7) is 0.438. The summed E-state index contributed by atoms with van der Waals surface area (Å²) in [5, 5.41) is 4.41. The summed E-state index contributed by atoms with van der Waals surface area (Å²) in [5.74, 6) is 7.75. The molecule has 0 atom stereocenters. The minimum atomic E-state index is 0.413. The van der Waals surface area contributed by atoms with Crippen LogP contribution in [0.1, 0.15) is 43.2 Å². The maximum Gasteiger partial charge on any atom is 0.142 e. The summed E-state index contributed by atoms with van der Waals surface area (Å²) in [7, 11) is 1.66. The molecule has 26 heavy (non-hydrogen) atoms. The maximum atomic E-state index is 5.64. The van der Waals surface area contributed by atoms with Crippen molar-refractivity contribution in [2.24, 2.45) is 11.1 Å². The van der Waals surface area contributed by atoms with E-state index in [1.807, 2.05) is 54.6 Å². The third kappa shape index (κ3) is 5.39. The molecule has 0 aliphatic heterocycles. The van der Waals surface area contributed by atoms with Crippen molar-refractivity contribution in [1.29, 1.82) is 0 Å². The van der Waals surface area contributed by atoms with Gasteiger partial charge in [0, 0.05) is 11.5 Å². The van der Waals surface area contributed by atoms with Gasteiger partial charge in [0.25, 0.3) is 0 Å². The van der Waals surface area contributed by atoms with E-state index >= 15 is 0 Å². The van der Waals surface area contributed by atoms with Gasteiger partial charge in [0.15, 0.2) is 0 Å². The Labute approximate surface area is 156 Å². The zero-order valence-corrected chi connectivity index (χ0v) is 15.3. The fourth-order valence-corrected chi connectivity index (χ4v) is 3.13. The van der Waals surface area contributed by atoms with Gasteiger partial charge in [-0.2, -0.15) is 0 Å². The molecule has 0 radical (unpaired) electrons. The summed E-state index contributed by atoms with van der Waals surface area (Å²) >= 11 is 0. The molecule has 1 saturated carbocycles. The van der Waals surface area contributed by atoms with Crippen LogP contribution in [0.25, 0.3) is 0 Å². The van der Waals surface area contributed by atoms with E-state index in [4.69, 9.17) is 9.57 Å². The first-order valence-corrected chi connectivity index (χ1v) is 9.25. The van der Waals surface area contributed by atoms with Crippen molar-refractivity contribution >= 4 is 5.71 Å². The first kappa shape index (κ1) is 18.1. The first-order chi connectivity index (χ1) is 12.8. The second kappa shape index (κ2) is 9.68. The molecule has 1 aliphatic rings. The van der Waals surface area contributed by atoms with Crippen molar-refractivity contribution in [1.82, 2.24) is 0 Å². The summed E-state index contributed by atoms with van der Waals surface area (Å²) in [4.78, 5) is 5.64. The Morgan fingerprint density at radius 3 is 2.42 bits per heavy atom. The second-order valence-corrected chi connectivity index (χ2v) is 6.55. The lowest BCUT2D eigenvalue weighted by Gasteiger charge is -2.20. The van der Waals surface area contributed by atoms with Gasteiger partial charge in [-0.1, -0.05) is 60.7 Å². The Morgan fingerprint density at radius 2 is 1.73 bits per heavy atom. The SMILES string of the molecule is COc1ccc(CO/N=C(\C#Cc2ccccc2)C2CCCCC2)cc1. The van der Waals surface area contributed by atoms with Gasteiger partial charge in [0.1, 0.15) is 18.1 Å². The molecular formula is C23H25NO2. The lowest BCUT2D eigenvalue weighted by molar-refractivity contribution is 0.129. The number of rotatable bonds is 5. The largest absolute Gasteiger partial charge is 0.497 e. The van der Waals surface area contributed by atoms with E-state index in [-0.39, 0.29) is 0 Å². The van der Waals surface area contributed by atoms with Crippen LogP contribution in [-0.4, -0.2) is 12.8 Å². The lowest BCUT2D eigenvalue weighted by Crippen LogP contribution is -2.17. The highest BCUT2D eigenvalue weighted by atomic mass is 16.6. The maximum absolute atomic E-state index is 5.64. The average molecular weight is 347 g/mol. The van der Waals surface area contributed by atoms with E-state index in [9.17, 15) is 0 Å². The number of nitrogens with zero attached hydrogens (tertiary/aromatic N) is 1. The molecule has 1 fully saturated rings. The van der Waals surface area contributed by atoms with E-state index < -0.39 is 0 Å². The Bertz CT molecular complexity index is 763.